The number of halogens is 2. The predicted octanol–water partition coefficient (Wildman–Crippen LogP) is 0.987. The molecule has 0 atom stereocenters. The lowest BCUT2D eigenvalue weighted by Gasteiger charge is -2.07. The van der Waals surface area contributed by atoms with Crippen LogP contribution in [0.5, 0.6) is 0 Å². The van der Waals surface area contributed by atoms with Crippen molar-refractivity contribution in [2.45, 2.75) is 12.8 Å². The topological polar surface area (TPSA) is 90.9 Å². The molecule has 0 spiro atoms. The van der Waals surface area contributed by atoms with Gasteiger partial charge in [-0.3, -0.25) is 4.68 Å². The van der Waals surface area contributed by atoms with Crippen LogP contribution in [0.4, 0.5) is 14.6 Å². The van der Waals surface area contributed by atoms with E-state index in [1.807, 2.05) is 0 Å². The van der Waals surface area contributed by atoms with Crippen LogP contribution in [0.2, 0.25) is 0 Å². The van der Waals surface area contributed by atoms with E-state index in [-0.39, 0.29) is 6.61 Å². The lowest BCUT2D eigenvalue weighted by molar-refractivity contribution is 0.0183. The Hall–Kier alpha value is -2.13. The first kappa shape index (κ1) is 15.3. The Bertz CT molecular complexity index is 589. The summed E-state index contributed by atoms with van der Waals surface area (Å²) in [4.78, 5) is 8.51. The lowest BCUT2D eigenvalue weighted by Crippen LogP contribution is -2.13. The van der Waals surface area contributed by atoms with Gasteiger partial charge in [-0.15, -0.1) is 0 Å². The van der Waals surface area contributed by atoms with Crippen molar-refractivity contribution in [3.63, 3.8) is 0 Å². The van der Waals surface area contributed by atoms with E-state index in [9.17, 15) is 8.78 Å². The van der Waals surface area contributed by atoms with Gasteiger partial charge in [0, 0.05) is 31.3 Å². The molecule has 7 nitrogen and oxygen atoms in total. The minimum atomic E-state index is -2.48. The lowest BCUT2D eigenvalue weighted by atomic mass is 10.2. The molecule has 114 valence electrons. The summed E-state index contributed by atoms with van der Waals surface area (Å²) < 4.78 is 30.4. The number of nitrogens with two attached hydrogens (primary N) is 1. The molecule has 0 unspecified atom stereocenters. The van der Waals surface area contributed by atoms with Crippen LogP contribution < -0.4 is 11.3 Å². The molecular formula is C12H16F2N6O. The van der Waals surface area contributed by atoms with Crippen LogP contribution >= 0.6 is 0 Å². The average Bonchev–Trinajstić information content (AvgIpc) is 2.90. The second kappa shape index (κ2) is 7.04. The number of hydrogen-bond acceptors (Lipinski definition) is 6. The Labute approximate surface area is 120 Å². The highest BCUT2D eigenvalue weighted by Gasteiger charge is 2.09. The molecule has 0 saturated heterocycles. The molecule has 2 rings (SSSR count). The molecule has 3 N–H and O–H groups in total. The van der Waals surface area contributed by atoms with Gasteiger partial charge in [-0.1, -0.05) is 0 Å². The fraction of sp³-hybridized carbons (Fsp3) is 0.417. The molecule has 0 aliphatic carbocycles. The third-order valence-corrected chi connectivity index (χ3v) is 2.63. The standard InChI is InChI=1S/C12H16F2N6O/c1-20-6-8(5-16-20)9-4-12(19-15)18-11(17-9)2-3-21-7-10(13)14/h4-6,10H,2-3,7,15H2,1H3,(H,17,18,19). The molecule has 0 aromatic carbocycles. The highest BCUT2D eigenvalue weighted by molar-refractivity contribution is 5.60. The maximum atomic E-state index is 12.0. The average molecular weight is 298 g/mol. The summed E-state index contributed by atoms with van der Waals surface area (Å²) in [6.07, 6.45) is 1.31. The first-order valence-electron chi connectivity index (χ1n) is 6.28. The van der Waals surface area contributed by atoms with Gasteiger partial charge in [-0.25, -0.2) is 24.6 Å². The number of nitrogens with zero attached hydrogens (tertiary/aromatic N) is 4. The molecule has 2 aromatic rings. The minimum absolute atomic E-state index is 0.116. The highest BCUT2D eigenvalue weighted by Crippen LogP contribution is 2.18. The zero-order valence-corrected chi connectivity index (χ0v) is 11.5. The van der Waals surface area contributed by atoms with Gasteiger partial charge >= 0.3 is 0 Å². The van der Waals surface area contributed by atoms with Gasteiger partial charge in [0.05, 0.1) is 18.5 Å². The SMILES string of the molecule is Cn1cc(-c2cc(NN)nc(CCOCC(F)F)n2)cn1. The Balaban J connectivity index is 2.10. The van der Waals surface area contributed by atoms with Crippen LogP contribution in [0.25, 0.3) is 11.3 Å². The van der Waals surface area contributed by atoms with Crippen molar-refractivity contribution in [2.24, 2.45) is 12.9 Å². The van der Waals surface area contributed by atoms with Crippen LogP contribution in [0.1, 0.15) is 5.82 Å². The Morgan fingerprint density at radius 1 is 1.43 bits per heavy atom. The maximum absolute atomic E-state index is 12.0. The first-order valence-corrected chi connectivity index (χ1v) is 6.28. The smallest absolute Gasteiger partial charge is 0.261 e. The van der Waals surface area contributed by atoms with E-state index in [2.05, 4.69) is 20.5 Å². The summed E-state index contributed by atoms with van der Waals surface area (Å²) in [5.74, 6) is 6.27. The number of nitrogen functional groups attached to an aromatic ring is 1. The van der Waals surface area contributed by atoms with Gasteiger partial charge in [0.25, 0.3) is 6.43 Å². The van der Waals surface area contributed by atoms with Crippen molar-refractivity contribution in [1.82, 2.24) is 19.7 Å². The molecule has 0 fully saturated rings. The van der Waals surface area contributed by atoms with Crippen LogP contribution in [0.3, 0.4) is 0 Å². The number of aryl methyl sites for hydroxylation is 1. The minimum Gasteiger partial charge on any atom is -0.375 e. The van der Waals surface area contributed by atoms with Crippen molar-refractivity contribution in [2.75, 3.05) is 18.6 Å². The van der Waals surface area contributed by atoms with E-state index in [1.54, 1.807) is 30.2 Å². The molecule has 0 radical (unpaired) electrons. The summed E-state index contributed by atoms with van der Waals surface area (Å²) >= 11 is 0. The zero-order valence-electron chi connectivity index (χ0n) is 11.5. The number of anilines is 1. The monoisotopic (exact) mass is 298 g/mol. The fourth-order valence-electron chi connectivity index (χ4n) is 1.72. The van der Waals surface area contributed by atoms with Crippen molar-refractivity contribution in [3.05, 3.63) is 24.3 Å². The van der Waals surface area contributed by atoms with E-state index in [0.717, 1.165) is 5.56 Å². The number of nitrogens with one attached hydrogen (secondary N) is 1. The second-order valence-electron chi connectivity index (χ2n) is 4.32. The summed E-state index contributed by atoms with van der Waals surface area (Å²) in [6, 6.07) is 1.68. The van der Waals surface area contributed by atoms with E-state index in [1.165, 1.54) is 0 Å². The van der Waals surface area contributed by atoms with Gasteiger partial charge in [-0.2, -0.15) is 5.10 Å². The Morgan fingerprint density at radius 2 is 2.24 bits per heavy atom. The molecular weight excluding hydrogens is 282 g/mol. The van der Waals surface area contributed by atoms with Crippen LogP contribution in [-0.2, 0) is 18.2 Å². The van der Waals surface area contributed by atoms with Gasteiger partial charge in [-0.05, 0) is 0 Å². The number of alkyl halides is 2. The molecule has 0 amide bonds. The number of hydrogen-bond donors (Lipinski definition) is 2. The maximum Gasteiger partial charge on any atom is 0.261 e. The van der Waals surface area contributed by atoms with Gasteiger partial charge in [0.15, 0.2) is 0 Å². The van der Waals surface area contributed by atoms with E-state index < -0.39 is 13.0 Å². The zero-order chi connectivity index (χ0) is 15.2. The van der Waals surface area contributed by atoms with E-state index in [0.29, 0.717) is 23.8 Å². The van der Waals surface area contributed by atoms with E-state index in [4.69, 9.17) is 10.6 Å². The van der Waals surface area contributed by atoms with E-state index >= 15 is 0 Å². The van der Waals surface area contributed by atoms with Crippen molar-refractivity contribution >= 4 is 5.82 Å². The van der Waals surface area contributed by atoms with Crippen LogP contribution in [0.15, 0.2) is 18.5 Å². The molecule has 0 bridgehead atoms. The number of rotatable bonds is 7. The molecule has 0 saturated carbocycles. The fourth-order valence-corrected chi connectivity index (χ4v) is 1.72. The molecule has 21 heavy (non-hydrogen) atoms. The predicted molar refractivity (Wildman–Crippen MR) is 72.6 cm³/mol. The molecule has 2 heterocycles. The number of hydrazine groups is 1. The number of aromatic nitrogens is 4. The van der Waals surface area contributed by atoms with Crippen molar-refractivity contribution in [1.29, 1.82) is 0 Å². The van der Waals surface area contributed by atoms with Gasteiger partial charge in [0.2, 0.25) is 0 Å². The van der Waals surface area contributed by atoms with Crippen molar-refractivity contribution < 1.29 is 13.5 Å². The van der Waals surface area contributed by atoms with Gasteiger partial charge < -0.3 is 10.2 Å². The normalized spacial score (nSPS) is 11.1. The first-order chi connectivity index (χ1) is 10.1. The summed E-state index contributed by atoms with van der Waals surface area (Å²) in [6.45, 7) is -0.477. The highest BCUT2D eigenvalue weighted by atomic mass is 19.3. The summed E-state index contributed by atoms with van der Waals surface area (Å²) in [5.41, 5.74) is 3.91. The summed E-state index contributed by atoms with van der Waals surface area (Å²) in [5, 5.41) is 4.07. The van der Waals surface area contributed by atoms with Crippen LogP contribution in [0, 0.1) is 0 Å². The summed E-state index contributed by atoms with van der Waals surface area (Å²) in [7, 11) is 1.80. The molecule has 0 aliphatic heterocycles. The quantitative estimate of drug-likeness (QED) is 0.450. The molecule has 0 aliphatic rings. The van der Waals surface area contributed by atoms with Crippen molar-refractivity contribution in [3.8, 4) is 11.3 Å². The Morgan fingerprint density at radius 3 is 2.86 bits per heavy atom. The second-order valence-corrected chi connectivity index (χ2v) is 4.32. The Kier molecular flexibility index (Phi) is 5.12. The van der Waals surface area contributed by atoms with Gasteiger partial charge in [0.1, 0.15) is 18.2 Å². The number of ether oxygens (including phenoxy) is 1. The molecule has 2 aromatic heterocycles. The molecule has 9 heteroatoms. The van der Waals surface area contributed by atoms with Crippen LogP contribution in [-0.4, -0.2) is 39.4 Å². The third kappa shape index (κ3) is 4.43. The largest absolute Gasteiger partial charge is 0.375 e. The third-order valence-electron chi connectivity index (χ3n) is 2.63.